The van der Waals surface area contributed by atoms with Crippen molar-refractivity contribution < 1.29 is 30.8 Å². The highest BCUT2D eigenvalue weighted by Gasteiger charge is 2.22. The number of carbonyl (C=O) groups is 1. The van der Waals surface area contributed by atoms with Gasteiger partial charge in [0.2, 0.25) is 5.78 Å². The van der Waals surface area contributed by atoms with Gasteiger partial charge < -0.3 is 21.4 Å². The maximum absolute atomic E-state index is 13.1. The van der Waals surface area contributed by atoms with Crippen molar-refractivity contribution in [1.82, 2.24) is 4.57 Å². The summed E-state index contributed by atoms with van der Waals surface area (Å²) < 4.78 is 10.2. The minimum Gasteiger partial charge on any atom is -1.00 e. The van der Waals surface area contributed by atoms with Gasteiger partial charge in [-0.2, -0.15) is 0 Å². The minimum atomic E-state index is 0. The summed E-state index contributed by atoms with van der Waals surface area (Å²) in [4.78, 5) is 13.1. The molecule has 0 radical (unpaired) electrons. The van der Waals surface area contributed by atoms with Crippen molar-refractivity contribution in [2.45, 2.75) is 26.4 Å². The molecule has 0 aliphatic carbocycles. The third-order valence-electron chi connectivity index (χ3n) is 6.88. The van der Waals surface area contributed by atoms with Crippen LogP contribution in [0.2, 0.25) is 0 Å². The lowest BCUT2D eigenvalue weighted by atomic mass is 10.0. The van der Waals surface area contributed by atoms with Crippen molar-refractivity contribution in [2.24, 2.45) is 0 Å². The molecule has 5 heteroatoms. The zero-order chi connectivity index (χ0) is 23.2. The zero-order valence-corrected chi connectivity index (χ0v) is 21.2. The standard InChI is InChI=1S/C30H25N2O2.BrH/c1-20(23-13-14-30-27(18-23)26-9-5-6-10-29(26)34-30)32-16-15-31(21(32)2)19-28(33)25-12-11-22-7-3-4-8-24(22)17-25;/h3-18,20H,19H2,1-2H3;1H/q+1;/p-1. The molecule has 0 aliphatic heterocycles. The third kappa shape index (κ3) is 4.06. The Labute approximate surface area is 214 Å². The van der Waals surface area contributed by atoms with Crippen LogP contribution in [0.4, 0.5) is 0 Å². The molecular weight excluding hydrogens is 500 g/mol. The highest BCUT2D eigenvalue weighted by molar-refractivity contribution is 6.05. The molecule has 0 bridgehead atoms. The number of Topliss-reactive ketones (excluding diaryl/α,β-unsaturated/α-hetero) is 1. The van der Waals surface area contributed by atoms with Gasteiger partial charge in [-0.15, -0.1) is 0 Å². The molecule has 0 amide bonds. The Morgan fingerprint density at radius 3 is 2.49 bits per heavy atom. The normalized spacial score (nSPS) is 12.2. The Kier molecular flexibility index (Phi) is 6.03. The molecule has 0 saturated heterocycles. The summed E-state index contributed by atoms with van der Waals surface area (Å²) in [6.45, 7) is 4.57. The molecule has 0 spiro atoms. The molecule has 2 aromatic heterocycles. The highest BCUT2D eigenvalue weighted by Crippen LogP contribution is 2.31. The SMILES string of the molecule is Cc1n(C(C)c2ccc3oc4ccccc4c3c2)cc[n+]1CC(=O)c1ccc2ccccc2c1.[Br-]. The number of rotatable bonds is 5. The first kappa shape index (κ1) is 23.1. The number of aromatic nitrogens is 2. The Morgan fingerprint density at radius 1 is 0.886 bits per heavy atom. The van der Waals surface area contributed by atoms with E-state index in [1.165, 1.54) is 5.56 Å². The Bertz CT molecular complexity index is 1700. The summed E-state index contributed by atoms with van der Waals surface area (Å²) in [6, 6.07) is 28.7. The number of hydrogen-bond donors (Lipinski definition) is 0. The van der Waals surface area contributed by atoms with Crippen LogP contribution in [0, 0.1) is 6.92 Å². The maximum atomic E-state index is 13.1. The number of benzene rings is 4. The molecule has 174 valence electrons. The Morgan fingerprint density at radius 2 is 1.63 bits per heavy atom. The number of carbonyl (C=O) groups excluding carboxylic acids is 1. The van der Waals surface area contributed by atoms with Crippen molar-refractivity contribution in [3.8, 4) is 0 Å². The lowest BCUT2D eigenvalue weighted by molar-refractivity contribution is -0.688. The lowest BCUT2D eigenvalue weighted by Gasteiger charge is -2.11. The summed E-state index contributed by atoms with van der Waals surface area (Å²) in [6.07, 6.45) is 4.06. The fourth-order valence-corrected chi connectivity index (χ4v) is 4.87. The van der Waals surface area contributed by atoms with Crippen molar-refractivity contribution in [3.63, 3.8) is 0 Å². The van der Waals surface area contributed by atoms with E-state index in [1.807, 2.05) is 65.4 Å². The summed E-state index contributed by atoms with van der Waals surface area (Å²) >= 11 is 0. The van der Waals surface area contributed by atoms with Crippen LogP contribution in [0.15, 0.2) is 102 Å². The van der Waals surface area contributed by atoms with E-state index in [0.29, 0.717) is 6.54 Å². The number of nitrogens with zero attached hydrogens (tertiary/aromatic N) is 2. The molecule has 6 rings (SSSR count). The van der Waals surface area contributed by atoms with Crippen molar-refractivity contribution in [2.75, 3.05) is 0 Å². The number of fused-ring (bicyclic) bond motifs is 4. The van der Waals surface area contributed by atoms with E-state index in [1.54, 1.807) is 0 Å². The molecule has 0 aliphatic rings. The first-order valence-electron chi connectivity index (χ1n) is 11.6. The van der Waals surface area contributed by atoms with E-state index in [9.17, 15) is 4.79 Å². The minimum absolute atomic E-state index is 0. The van der Waals surface area contributed by atoms with Crippen molar-refractivity contribution in [1.29, 1.82) is 0 Å². The number of imidazole rings is 1. The third-order valence-corrected chi connectivity index (χ3v) is 6.88. The molecule has 4 nitrogen and oxygen atoms in total. The summed E-state index contributed by atoms with van der Waals surface area (Å²) in [5.74, 6) is 1.15. The van der Waals surface area contributed by atoms with Gasteiger partial charge in [-0.1, -0.05) is 60.7 Å². The van der Waals surface area contributed by atoms with Crippen LogP contribution < -0.4 is 21.5 Å². The Hall–Kier alpha value is -3.70. The smallest absolute Gasteiger partial charge is 0.254 e. The van der Waals surface area contributed by atoms with Gasteiger partial charge in [0.1, 0.15) is 29.6 Å². The van der Waals surface area contributed by atoms with E-state index in [-0.39, 0.29) is 28.8 Å². The number of halogens is 1. The van der Waals surface area contributed by atoms with E-state index in [0.717, 1.165) is 44.1 Å². The van der Waals surface area contributed by atoms with E-state index in [2.05, 4.69) is 54.9 Å². The second-order valence-corrected chi connectivity index (χ2v) is 8.90. The second-order valence-electron chi connectivity index (χ2n) is 8.90. The molecule has 1 unspecified atom stereocenters. The van der Waals surface area contributed by atoms with E-state index >= 15 is 0 Å². The highest BCUT2D eigenvalue weighted by atomic mass is 79.9. The largest absolute Gasteiger partial charge is 1.00 e. The van der Waals surface area contributed by atoms with Crippen LogP contribution in [0.1, 0.15) is 34.7 Å². The molecule has 0 saturated carbocycles. The number of para-hydroxylation sites is 1. The predicted octanol–water partition coefficient (Wildman–Crippen LogP) is 3.63. The van der Waals surface area contributed by atoms with Crippen LogP contribution in [0.3, 0.4) is 0 Å². The monoisotopic (exact) mass is 524 g/mol. The predicted molar refractivity (Wildman–Crippen MR) is 135 cm³/mol. The molecule has 0 fully saturated rings. The van der Waals surface area contributed by atoms with Gasteiger partial charge in [0.05, 0.1) is 0 Å². The van der Waals surface area contributed by atoms with Crippen LogP contribution in [0.5, 0.6) is 0 Å². The van der Waals surface area contributed by atoms with Gasteiger partial charge in [-0.05, 0) is 47.5 Å². The van der Waals surface area contributed by atoms with Gasteiger partial charge in [0.25, 0.3) is 5.82 Å². The quantitative estimate of drug-likeness (QED) is 0.255. The Balaban J connectivity index is 0.00000253. The van der Waals surface area contributed by atoms with E-state index in [4.69, 9.17) is 4.42 Å². The maximum Gasteiger partial charge on any atom is 0.254 e. The first-order valence-corrected chi connectivity index (χ1v) is 11.6. The van der Waals surface area contributed by atoms with Crippen LogP contribution >= 0.6 is 0 Å². The second kappa shape index (κ2) is 9.16. The molecule has 0 N–H and O–H groups in total. The molecule has 35 heavy (non-hydrogen) atoms. The number of furan rings is 1. The van der Waals surface area contributed by atoms with E-state index < -0.39 is 0 Å². The number of ketones is 1. The molecule has 1 atom stereocenters. The molecular formula is C30H25BrN2O2. The summed E-state index contributed by atoms with van der Waals surface area (Å²) in [5.41, 5.74) is 3.75. The van der Waals surface area contributed by atoms with Crippen LogP contribution in [-0.2, 0) is 6.54 Å². The van der Waals surface area contributed by atoms with Crippen molar-refractivity contribution >= 4 is 38.5 Å². The fourth-order valence-electron chi connectivity index (χ4n) is 4.87. The molecule has 2 heterocycles. The van der Waals surface area contributed by atoms with Crippen LogP contribution in [0.25, 0.3) is 32.7 Å². The fraction of sp³-hybridized carbons (Fsp3) is 0.133. The topological polar surface area (TPSA) is 39.0 Å². The van der Waals surface area contributed by atoms with Gasteiger partial charge in [0.15, 0.2) is 6.54 Å². The summed E-state index contributed by atoms with van der Waals surface area (Å²) in [5, 5.41) is 4.49. The lowest BCUT2D eigenvalue weighted by Crippen LogP contribution is -3.00. The van der Waals surface area contributed by atoms with Crippen molar-refractivity contribution in [3.05, 3.63) is 114 Å². The van der Waals surface area contributed by atoms with Gasteiger partial charge in [-0.3, -0.25) is 4.79 Å². The summed E-state index contributed by atoms with van der Waals surface area (Å²) in [7, 11) is 0. The molecule has 4 aromatic carbocycles. The molecule has 6 aromatic rings. The van der Waals surface area contributed by atoms with Gasteiger partial charge >= 0.3 is 0 Å². The number of hydrogen-bond acceptors (Lipinski definition) is 2. The van der Waals surface area contributed by atoms with Gasteiger partial charge in [-0.25, -0.2) is 9.13 Å². The van der Waals surface area contributed by atoms with Gasteiger partial charge in [0, 0.05) is 23.3 Å². The first-order chi connectivity index (χ1) is 16.6. The average Bonchev–Trinajstić information content (AvgIpc) is 3.43. The zero-order valence-electron chi connectivity index (χ0n) is 19.6. The average molecular weight is 525 g/mol. The van der Waals surface area contributed by atoms with Crippen LogP contribution in [-0.4, -0.2) is 10.4 Å².